The van der Waals surface area contributed by atoms with Crippen molar-refractivity contribution in [3.05, 3.63) is 96.1 Å². The van der Waals surface area contributed by atoms with E-state index in [9.17, 15) is 0 Å². The van der Waals surface area contributed by atoms with Crippen LogP contribution in [0.4, 0.5) is 0 Å². The third-order valence-electron chi connectivity index (χ3n) is 3.10. The summed E-state index contributed by atoms with van der Waals surface area (Å²) in [7, 11) is 0. The molecule has 3 rings (SSSR count). The molecule has 128 valence electrons. The molecule has 0 aliphatic carbocycles. The Morgan fingerprint density at radius 1 is 0.375 bits per heavy atom. The minimum Gasteiger partial charge on any atom is -0.0683 e. The highest BCUT2D eigenvalue weighted by molar-refractivity contribution is 5.63. The first-order chi connectivity index (χ1) is 11.8. The second kappa shape index (κ2) is 14.3. The fraction of sp³-hybridized carbons (Fsp3) is 0.250. The van der Waals surface area contributed by atoms with Crippen molar-refractivity contribution in [2.24, 2.45) is 0 Å². The molecule has 0 spiro atoms. The predicted octanol–water partition coefficient (Wildman–Crippen LogP) is 7.71. The zero-order chi connectivity index (χ0) is 18.2. The maximum absolute atomic E-state index is 2.16. The van der Waals surface area contributed by atoms with Gasteiger partial charge in [0.25, 0.3) is 0 Å². The highest BCUT2D eigenvalue weighted by atomic mass is 14.0. The highest BCUT2D eigenvalue weighted by Crippen LogP contribution is 2.18. The van der Waals surface area contributed by atoms with Gasteiger partial charge in [0.15, 0.2) is 0 Å². The van der Waals surface area contributed by atoms with Crippen LogP contribution < -0.4 is 0 Å². The molecule has 0 nitrogen and oxygen atoms in total. The second-order valence-electron chi connectivity index (χ2n) is 4.89. The molecule has 0 fully saturated rings. The van der Waals surface area contributed by atoms with Gasteiger partial charge in [0, 0.05) is 0 Å². The van der Waals surface area contributed by atoms with Gasteiger partial charge in [-0.05, 0) is 25.0 Å². The molecule has 0 aliphatic heterocycles. The molecule has 0 saturated carbocycles. The average molecular weight is 321 g/mol. The Hall–Kier alpha value is -2.34. The molecule has 0 aromatic heterocycles. The monoisotopic (exact) mass is 320 g/mol. The molecule has 0 heteroatoms. The predicted molar refractivity (Wildman–Crippen MR) is 110 cm³/mol. The Morgan fingerprint density at radius 3 is 1.08 bits per heavy atom. The van der Waals surface area contributed by atoms with Gasteiger partial charge in [-0.25, -0.2) is 0 Å². The van der Waals surface area contributed by atoms with Crippen LogP contribution in [0.25, 0.3) is 11.1 Å². The van der Waals surface area contributed by atoms with Crippen LogP contribution >= 0.6 is 0 Å². The molecule has 0 heterocycles. The van der Waals surface area contributed by atoms with E-state index in [1.54, 1.807) is 0 Å². The van der Waals surface area contributed by atoms with Gasteiger partial charge in [-0.3, -0.25) is 0 Å². The van der Waals surface area contributed by atoms with Gasteiger partial charge in [-0.2, -0.15) is 0 Å². The van der Waals surface area contributed by atoms with Crippen LogP contribution in [0.15, 0.2) is 84.9 Å². The summed E-state index contributed by atoms with van der Waals surface area (Å²) in [5, 5.41) is 0. The first-order valence-corrected chi connectivity index (χ1v) is 8.89. The van der Waals surface area contributed by atoms with Gasteiger partial charge in [0.05, 0.1) is 0 Å². The van der Waals surface area contributed by atoms with E-state index < -0.39 is 0 Å². The molecule has 0 radical (unpaired) electrons. The zero-order valence-corrected chi connectivity index (χ0v) is 16.1. The Morgan fingerprint density at radius 2 is 0.708 bits per heavy atom. The lowest BCUT2D eigenvalue weighted by Crippen LogP contribution is -1.76. The number of hydrogen-bond acceptors (Lipinski definition) is 0. The molecule has 3 aromatic carbocycles. The third kappa shape index (κ3) is 8.95. The molecule has 3 aromatic rings. The molecule has 24 heavy (non-hydrogen) atoms. The number of rotatable bonds is 1. The lowest BCUT2D eigenvalue weighted by atomic mass is 10.0. The van der Waals surface area contributed by atoms with Gasteiger partial charge < -0.3 is 0 Å². The molecular formula is C24H32. The summed E-state index contributed by atoms with van der Waals surface area (Å²) < 4.78 is 0. The normalized spacial score (nSPS) is 8.42. The van der Waals surface area contributed by atoms with Crippen molar-refractivity contribution >= 4 is 0 Å². The van der Waals surface area contributed by atoms with Crippen molar-refractivity contribution in [1.82, 2.24) is 0 Å². The molecule has 0 bridgehead atoms. The topological polar surface area (TPSA) is 0 Å². The summed E-state index contributed by atoms with van der Waals surface area (Å²) in [4.78, 5) is 0. The van der Waals surface area contributed by atoms with Crippen LogP contribution in [0.2, 0.25) is 0 Å². The van der Waals surface area contributed by atoms with Crippen molar-refractivity contribution in [3.63, 3.8) is 0 Å². The third-order valence-corrected chi connectivity index (χ3v) is 3.10. The lowest BCUT2D eigenvalue weighted by Gasteiger charge is -2.00. The SMILES string of the molecule is CC.CC.Cc1ccc(-c2ccccc2)cc1.Cc1ccccc1. The standard InChI is InChI=1S/C13H12.C7H8.2C2H6/c1-11-7-9-13(10-8-11)12-5-3-2-4-6-12;1-7-5-3-2-4-6-7;2*1-2/h2-10H,1H3;2-6H,1H3;2*1-2H3. The average Bonchev–Trinajstić information content (AvgIpc) is 2.67. The van der Waals surface area contributed by atoms with E-state index in [1.165, 1.54) is 22.3 Å². The van der Waals surface area contributed by atoms with E-state index in [0.29, 0.717) is 0 Å². The summed E-state index contributed by atoms with van der Waals surface area (Å²) in [5.41, 5.74) is 5.19. The van der Waals surface area contributed by atoms with Crippen molar-refractivity contribution in [3.8, 4) is 11.1 Å². The summed E-state index contributed by atoms with van der Waals surface area (Å²) >= 11 is 0. The lowest BCUT2D eigenvalue weighted by molar-refractivity contribution is 1.47. The molecule has 0 amide bonds. The first-order valence-electron chi connectivity index (χ1n) is 8.89. The summed E-state index contributed by atoms with van der Waals surface area (Å²) in [6, 6.07) is 29.3. The van der Waals surface area contributed by atoms with Crippen molar-refractivity contribution in [2.75, 3.05) is 0 Å². The summed E-state index contributed by atoms with van der Waals surface area (Å²) in [5.74, 6) is 0. The van der Waals surface area contributed by atoms with Gasteiger partial charge >= 0.3 is 0 Å². The zero-order valence-electron chi connectivity index (χ0n) is 16.1. The second-order valence-corrected chi connectivity index (χ2v) is 4.89. The Balaban J connectivity index is 0.000000408. The highest BCUT2D eigenvalue weighted by Gasteiger charge is 1.93. The number of aryl methyl sites for hydroxylation is 2. The number of hydrogen-bond donors (Lipinski definition) is 0. The van der Waals surface area contributed by atoms with Crippen LogP contribution in [-0.2, 0) is 0 Å². The molecular weight excluding hydrogens is 288 g/mol. The fourth-order valence-corrected chi connectivity index (χ4v) is 1.91. The van der Waals surface area contributed by atoms with Crippen molar-refractivity contribution in [2.45, 2.75) is 41.5 Å². The summed E-state index contributed by atoms with van der Waals surface area (Å²) in [6.07, 6.45) is 0. The fourth-order valence-electron chi connectivity index (χ4n) is 1.91. The molecule has 0 N–H and O–H groups in total. The van der Waals surface area contributed by atoms with E-state index in [2.05, 4.69) is 74.5 Å². The number of benzene rings is 3. The van der Waals surface area contributed by atoms with Crippen LogP contribution in [0, 0.1) is 13.8 Å². The first kappa shape index (κ1) is 21.7. The molecule has 0 saturated heterocycles. The smallest absolute Gasteiger partial charge is 0.0184 e. The van der Waals surface area contributed by atoms with Crippen LogP contribution in [-0.4, -0.2) is 0 Å². The quantitative estimate of drug-likeness (QED) is 0.430. The van der Waals surface area contributed by atoms with Crippen LogP contribution in [0.5, 0.6) is 0 Å². The van der Waals surface area contributed by atoms with Crippen molar-refractivity contribution < 1.29 is 0 Å². The Bertz CT molecular complexity index is 607. The Labute approximate surface area is 149 Å². The van der Waals surface area contributed by atoms with Gasteiger partial charge in [0.1, 0.15) is 0 Å². The van der Waals surface area contributed by atoms with E-state index in [1.807, 2.05) is 52.0 Å². The Kier molecular flexibility index (Phi) is 12.9. The minimum absolute atomic E-state index is 1.28. The maximum atomic E-state index is 2.16. The van der Waals surface area contributed by atoms with E-state index in [0.717, 1.165) is 0 Å². The van der Waals surface area contributed by atoms with E-state index >= 15 is 0 Å². The minimum atomic E-state index is 1.28. The van der Waals surface area contributed by atoms with Crippen molar-refractivity contribution in [1.29, 1.82) is 0 Å². The largest absolute Gasteiger partial charge is 0.0683 e. The van der Waals surface area contributed by atoms with Crippen LogP contribution in [0.3, 0.4) is 0 Å². The maximum Gasteiger partial charge on any atom is -0.0184 e. The van der Waals surface area contributed by atoms with E-state index in [4.69, 9.17) is 0 Å². The molecule has 0 atom stereocenters. The van der Waals surface area contributed by atoms with Crippen LogP contribution in [0.1, 0.15) is 38.8 Å². The van der Waals surface area contributed by atoms with Gasteiger partial charge in [0.2, 0.25) is 0 Å². The molecule has 0 aliphatic rings. The van der Waals surface area contributed by atoms with E-state index in [-0.39, 0.29) is 0 Å². The summed E-state index contributed by atoms with van der Waals surface area (Å²) in [6.45, 7) is 12.2. The van der Waals surface area contributed by atoms with Gasteiger partial charge in [-0.1, -0.05) is 124 Å². The molecule has 0 unspecified atom stereocenters. The van der Waals surface area contributed by atoms with Gasteiger partial charge in [-0.15, -0.1) is 0 Å².